The second kappa shape index (κ2) is 10.8. The van der Waals surface area contributed by atoms with Gasteiger partial charge in [0.05, 0.1) is 13.2 Å². The van der Waals surface area contributed by atoms with Crippen LogP contribution in [-0.2, 0) is 14.3 Å². The summed E-state index contributed by atoms with van der Waals surface area (Å²) in [6, 6.07) is 8.32. The van der Waals surface area contributed by atoms with E-state index in [-0.39, 0.29) is 5.97 Å². The third-order valence-corrected chi connectivity index (χ3v) is 4.78. The summed E-state index contributed by atoms with van der Waals surface area (Å²) in [4.78, 5) is 22.6. The van der Waals surface area contributed by atoms with Crippen LogP contribution in [0.4, 0.5) is 0 Å². The zero-order valence-corrected chi connectivity index (χ0v) is 15.8. The predicted octanol–water partition coefficient (Wildman–Crippen LogP) is 4.97. The molecule has 0 spiro atoms. The first-order chi connectivity index (χ1) is 12.6. The Hall–Kier alpha value is -2.10. The summed E-state index contributed by atoms with van der Waals surface area (Å²) in [5.74, 6) is 1.50. The Balaban J connectivity index is 1.55. The van der Waals surface area contributed by atoms with E-state index in [1.807, 2.05) is 12.1 Å². The van der Waals surface area contributed by atoms with Crippen LogP contribution < -0.4 is 4.74 Å². The van der Waals surface area contributed by atoms with Crippen molar-refractivity contribution in [3.05, 3.63) is 42.0 Å². The molecular weight excluding hydrogens is 328 g/mol. The molecule has 0 aromatic heterocycles. The van der Waals surface area contributed by atoms with Gasteiger partial charge in [0.2, 0.25) is 0 Å². The van der Waals surface area contributed by atoms with Gasteiger partial charge in [0.15, 0.2) is 0 Å². The maximum Gasteiger partial charge on any atom is 0.333 e. The van der Waals surface area contributed by atoms with E-state index in [1.54, 1.807) is 6.92 Å². The molecule has 4 heteroatoms. The number of rotatable bonds is 10. The van der Waals surface area contributed by atoms with Crippen molar-refractivity contribution >= 4 is 11.8 Å². The molecule has 0 heterocycles. The van der Waals surface area contributed by atoms with Crippen molar-refractivity contribution in [2.45, 2.75) is 64.2 Å². The fourth-order valence-electron chi connectivity index (χ4n) is 3.15. The molecule has 4 nitrogen and oxygen atoms in total. The Morgan fingerprint density at radius 1 is 1.04 bits per heavy atom. The van der Waals surface area contributed by atoms with E-state index in [0.29, 0.717) is 30.5 Å². The van der Waals surface area contributed by atoms with Gasteiger partial charge in [-0.1, -0.05) is 18.7 Å². The molecule has 0 unspecified atom stereocenters. The third kappa shape index (κ3) is 7.03. The number of carbonyl (C=O) groups is 2. The van der Waals surface area contributed by atoms with E-state index in [1.165, 1.54) is 5.56 Å². The average Bonchev–Trinajstić information content (AvgIpc) is 2.65. The van der Waals surface area contributed by atoms with Gasteiger partial charge in [0, 0.05) is 18.4 Å². The molecule has 0 amide bonds. The number of ether oxygens (including phenoxy) is 2. The number of unbranched alkanes of at least 4 members (excludes halogenated alkanes) is 3. The number of benzene rings is 1. The van der Waals surface area contributed by atoms with E-state index in [2.05, 4.69) is 18.7 Å². The second-order valence-corrected chi connectivity index (χ2v) is 7.06. The van der Waals surface area contributed by atoms with Gasteiger partial charge < -0.3 is 9.47 Å². The van der Waals surface area contributed by atoms with Crippen molar-refractivity contribution < 1.29 is 19.1 Å². The highest BCUT2D eigenvalue weighted by Crippen LogP contribution is 2.31. The van der Waals surface area contributed by atoms with Gasteiger partial charge in [-0.2, -0.15) is 0 Å². The van der Waals surface area contributed by atoms with Crippen LogP contribution in [0.1, 0.15) is 69.8 Å². The molecule has 0 N–H and O–H groups in total. The van der Waals surface area contributed by atoms with Crippen molar-refractivity contribution in [1.29, 1.82) is 0 Å². The number of ketones is 1. The normalized spacial score (nSPS) is 14.9. The van der Waals surface area contributed by atoms with Crippen molar-refractivity contribution in [3.8, 4) is 5.75 Å². The third-order valence-electron chi connectivity index (χ3n) is 4.78. The predicted molar refractivity (Wildman–Crippen MR) is 102 cm³/mol. The molecule has 26 heavy (non-hydrogen) atoms. The van der Waals surface area contributed by atoms with Gasteiger partial charge in [-0.05, 0) is 69.1 Å². The summed E-state index contributed by atoms with van der Waals surface area (Å²) in [7, 11) is 0. The molecule has 1 aliphatic rings. The van der Waals surface area contributed by atoms with Gasteiger partial charge in [-0.3, -0.25) is 4.79 Å². The molecule has 1 aromatic rings. The molecule has 0 radical (unpaired) electrons. The lowest BCUT2D eigenvalue weighted by molar-refractivity contribution is -0.139. The quantitative estimate of drug-likeness (QED) is 0.336. The zero-order chi connectivity index (χ0) is 18.8. The molecule has 1 aromatic carbocycles. The number of esters is 1. The molecule has 0 bridgehead atoms. The van der Waals surface area contributed by atoms with Crippen molar-refractivity contribution in [1.82, 2.24) is 0 Å². The topological polar surface area (TPSA) is 52.6 Å². The van der Waals surface area contributed by atoms with Gasteiger partial charge in [0.25, 0.3) is 0 Å². The minimum Gasteiger partial charge on any atom is -0.494 e. The Morgan fingerprint density at radius 3 is 2.27 bits per heavy atom. The Morgan fingerprint density at radius 2 is 1.65 bits per heavy atom. The van der Waals surface area contributed by atoms with E-state index in [4.69, 9.17) is 9.47 Å². The summed E-state index contributed by atoms with van der Waals surface area (Å²) in [5.41, 5.74) is 1.76. The lowest BCUT2D eigenvalue weighted by atomic mass is 9.83. The maximum atomic E-state index is 11.3. The summed E-state index contributed by atoms with van der Waals surface area (Å²) in [6.07, 6.45) is 7.32. The number of carbonyl (C=O) groups excluding carboxylic acids is 2. The molecule has 0 saturated heterocycles. The summed E-state index contributed by atoms with van der Waals surface area (Å²) >= 11 is 0. The Kier molecular flexibility index (Phi) is 8.39. The van der Waals surface area contributed by atoms with E-state index in [0.717, 1.165) is 57.1 Å². The summed E-state index contributed by atoms with van der Waals surface area (Å²) < 4.78 is 10.8. The molecule has 142 valence electrons. The van der Waals surface area contributed by atoms with Crippen LogP contribution in [-0.4, -0.2) is 25.0 Å². The minimum atomic E-state index is -0.309. The van der Waals surface area contributed by atoms with Crippen molar-refractivity contribution in [2.24, 2.45) is 0 Å². The Bertz CT molecular complexity index is 593. The highest BCUT2D eigenvalue weighted by molar-refractivity contribution is 5.86. The van der Waals surface area contributed by atoms with Gasteiger partial charge in [-0.25, -0.2) is 4.79 Å². The summed E-state index contributed by atoms with van der Waals surface area (Å²) in [5, 5.41) is 0. The average molecular weight is 358 g/mol. The monoisotopic (exact) mass is 358 g/mol. The lowest BCUT2D eigenvalue weighted by Crippen LogP contribution is -2.12. The SMILES string of the molecule is C=C(C)C(=O)OCCCCCCOc1ccc(C2CCC(=O)CC2)cc1. The molecule has 0 aliphatic heterocycles. The number of hydrogen-bond acceptors (Lipinski definition) is 4. The van der Waals surface area contributed by atoms with Crippen LogP contribution >= 0.6 is 0 Å². The van der Waals surface area contributed by atoms with E-state index >= 15 is 0 Å². The van der Waals surface area contributed by atoms with E-state index < -0.39 is 0 Å². The van der Waals surface area contributed by atoms with E-state index in [9.17, 15) is 9.59 Å². The molecule has 1 aliphatic carbocycles. The standard InChI is InChI=1S/C22H30O4/c1-17(2)22(24)26-16-6-4-3-5-15-25-21-13-9-19(10-14-21)18-7-11-20(23)12-8-18/h9-10,13-14,18H,1,3-8,11-12,15-16H2,2H3. The molecular formula is C22H30O4. The van der Waals surface area contributed by atoms with Gasteiger partial charge >= 0.3 is 5.97 Å². The largest absolute Gasteiger partial charge is 0.494 e. The first-order valence-electron chi connectivity index (χ1n) is 9.63. The fraction of sp³-hybridized carbons (Fsp3) is 0.545. The first-order valence-corrected chi connectivity index (χ1v) is 9.63. The van der Waals surface area contributed by atoms with Gasteiger partial charge in [0.1, 0.15) is 11.5 Å². The highest BCUT2D eigenvalue weighted by atomic mass is 16.5. The van der Waals surface area contributed by atoms with Crippen molar-refractivity contribution in [3.63, 3.8) is 0 Å². The van der Waals surface area contributed by atoms with Crippen LogP contribution in [0.15, 0.2) is 36.4 Å². The fourth-order valence-corrected chi connectivity index (χ4v) is 3.15. The van der Waals surface area contributed by atoms with Crippen LogP contribution in [0.25, 0.3) is 0 Å². The minimum absolute atomic E-state index is 0.309. The second-order valence-electron chi connectivity index (χ2n) is 7.06. The van der Waals surface area contributed by atoms with Crippen molar-refractivity contribution in [2.75, 3.05) is 13.2 Å². The summed E-state index contributed by atoms with van der Waals surface area (Å²) in [6.45, 7) is 6.36. The number of Topliss-reactive ketones (excluding diaryl/α,β-unsaturated/α-hetero) is 1. The van der Waals surface area contributed by atoms with Crippen LogP contribution in [0.3, 0.4) is 0 Å². The van der Waals surface area contributed by atoms with Gasteiger partial charge in [-0.15, -0.1) is 0 Å². The van der Waals surface area contributed by atoms with Crippen LogP contribution in [0, 0.1) is 0 Å². The molecule has 2 rings (SSSR count). The lowest BCUT2D eigenvalue weighted by Gasteiger charge is -2.21. The smallest absolute Gasteiger partial charge is 0.333 e. The first kappa shape index (κ1) is 20.2. The maximum absolute atomic E-state index is 11.3. The molecule has 1 fully saturated rings. The molecule has 1 saturated carbocycles. The zero-order valence-electron chi connectivity index (χ0n) is 15.8. The number of hydrogen-bond donors (Lipinski definition) is 0. The highest BCUT2D eigenvalue weighted by Gasteiger charge is 2.19. The van der Waals surface area contributed by atoms with Crippen LogP contribution in [0.5, 0.6) is 5.75 Å². The Labute approximate surface area is 156 Å². The van der Waals surface area contributed by atoms with Crippen LogP contribution in [0.2, 0.25) is 0 Å². The molecule has 0 atom stereocenters.